The average Bonchev–Trinajstić information content (AvgIpc) is 2.73. The van der Waals surface area contributed by atoms with E-state index in [1.165, 1.54) is 0 Å². The Morgan fingerprint density at radius 3 is 1.94 bits per heavy atom. The second-order valence-corrected chi connectivity index (χ2v) is 15.4. The molecule has 0 aliphatic carbocycles. The third-order valence-corrected chi connectivity index (χ3v) is 8.76. The lowest BCUT2D eigenvalue weighted by atomic mass is 10.0. The van der Waals surface area contributed by atoms with Crippen LogP contribution in [0.15, 0.2) is 101 Å². The average molecular weight is 448 g/mol. The Bertz CT molecular complexity index is 1190. The van der Waals surface area contributed by atoms with Crippen molar-refractivity contribution in [2.24, 2.45) is 0 Å². The SMILES string of the molecule is C=C=C([C@H](NS(=O)(=O)c1ccc(C)cc1)c1ccc(-c2ccccc2)cc1)[Si](C)(C)C. The molecule has 0 spiro atoms. The van der Waals surface area contributed by atoms with Gasteiger partial charge < -0.3 is 0 Å². The summed E-state index contributed by atoms with van der Waals surface area (Å²) in [6.07, 6.45) is 0. The van der Waals surface area contributed by atoms with Crippen LogP contribution in [0.4, 0.5) is 0 Å². The van der Waals surface area contributed by atoms with Crippen molar-refractivity contribution >= 4 is 18.1 Å². The lowest BCUT2D eigenvalue weighted by molar-refractivity contribution is 0.573. The first kappa shape index (κ1) is 23.0. The minimum Gasteiger partial charge on any atom is -0.207 e. The molecule has 31 heavy (non-hydrogen) atoms. The van der Waals surface area contributed by atoms with Crippen molar-refractivity contribution in [2.45, 2.75) is 37.5 Å². The molecular weight excluding hydrogens is 418 g/mol. The quantitative estimate of drug-likeness (QED) is 0.343. The number of hydrogen-bond donors (Lipinski definition) is 1. The van der Waals surface area contributed by atoms with E-state index in [0.717, 1.165) is 27.5 Å². The molecule has 0 saturated carbocycles. The summed E-state index contributed by atoms with van der Waals surface area (Å²) in [4.78, 5) is 0.253. The second kappa shape index (κ2) is 9.21. The summed E-state index contributed by atoms with van der Waals surface area (Å²) in [5.41, 5.74) is 7.17. The van der Waals surface area contributed by atoms with E-state index in [-0.39, 0.29) is 4.90 Å². The number of aryl methyl sites for hydroxylation is 1. The van der Waals surface area contributed by atoms with Crippen LogP contribution >= 0.6 is 0 Å². The predicted molar refractivity (Wildman–Crippen MR) is 132 cm³/mol. The van der Waals surface area contributed by atoms with E-state index >= 15 is 0 Å². The van der Waals surface area contributed by atoms with Crippen LogP contribution < -0.4 is 4.72 Å². The molecule has 3 nitrogen and oxygen atoms in total. The van der Waals surface area contributed by atoms with Gasteiger partial charge in [-0.15, -0.1) is 5.73 Å². The van der Waals surface area contributed by atoms with Gasteiger partial charge >= 0.3 is 0 Å². The zero-order valence-corrected chi connectivity index (χ0v) is 20.3. The summed E-state index contributed by atoms with van der Waals surface area (Å²) in [5, 5.41) is 0.927. The first-order valence-electron chi connectivity index (χ1n) is 10.3. The van der Waals surface area contributed by atoms with Gasteiger partial charge in [0.25, 0.3) is 0 Å². The summed E-state index contributed by atoms with van der Waals surface area (Å²) >= 11 is 0. The van der Waals surface area contributed by atoms with Gasteiger partial charge in [-0.2, -0.15) is 4.72 Å². The minimum absolute atomic E-state index is 0.253. The number of benzene rings is 3. The zero-order valence-electron chi connectivity index (χ0n) is 18.5. The smallest absolute Gasteiger partial charge is 0.207 e. The first-order valence-corrected chi connectivity index (χ1v) is 15.2. The molecule has 0 amide bonds. The first-order chi connectivity index (χ1) is 14.6. The van der Waals surface area contributed by atoms with Gasteiger partial charge in [0.1, 0.15) is 0 Å². The Morgan fingerprint density at radius 1 is 0.871 bits per heavy atom. The highest BCUT2D eigenvalue weighted by Gasteiger charge is 2.31. The van der Waals surface area contributed by atoms with Crippen molar-refractivity contribution in [3.8, 4) is 11.1 Å². The highest BCUT2D eigenvalue weighted by molar-refractivity contribution is 7.89. The standard InChI is InChI=1S/C26H29NO2SSi/c1-6-25(31(3,4)5)26(27-30(28,29)24-18-12-20(2)13-19-24)23-16-14-22(15-17-23)21-10-8-7-9-11-21/h7-19,26-27H,1H2,2-5H3/t26-/m1/s1. The summed E-state index contributed by atoms with van der Waals surface area (Å²) in [7, 11) is -5.62. The minimum atomic E-state index is -3.72. The largest absolute Gasteiger partial charge is 0.241 e. The molecule has 0 heterocycles. The molecule has 1 N–H and O–H groups in total. The Labute approximate surface area is 187 Å². The molecule has 0 unspecified atom stereocenters. The van der Waals surface area contributed by atoms with Crippen molar-refractivity contribution in [3.63, 3.8) is 0 Å². The van der Waals surface area contributed by atoms with Crippen molar-refractivity contribution in [2.75, 3.05) is 0 Å². The highest BCUT2D eigenvalue weighted by Crippen LogP contribution is 2.32. The van der Waals surface area contributed by atoms with Crippen LogP contribution in [0.2, 0.25) is 19.6 Å². The molecule has 0 radical (unpaired) electrons. The molecule has 3 rings (SSSR count). The van der Waals surface area contributed by atoms with Crippen LogP contribution in [-0.2, 0) is 10.0 Å². The molecule has 3 aromatic carbocycles. The van der Waals surface area contributed by atoms with Crippen LogP contribution in [-0.4, -0.2) is 16.5 Å². The van der Waals surface area contributed by atoms with E-state index in [1.807, 2.05) is 49.4 Å². The fourth-order valence-electron chi connectivity index (χ4n) is 3.53. The van der Waals surface area contributed by atoms with Crippen molar-refractivity contribution in [1.29, 1.82) is 0 Å². The summed E-state index contributed by atoms with van der Waals surface area (Å²) in [5.74, 6) is 0. The van der Waals surface area contributed by atoms with Crippen LogP contribution in [0, 0.1) is 6.92 Å². The van der Waals surface area contributed by atoms with Gasteiger partial charge in [0.05, 0.1) is 19.0 Å². The topological polar surface area (TPSA) is 46.2 Å². The van der Waals surface area contributed by atoms with Gasteiger partial charge in [-0.1, -0.05) is 98.5 Å². The second-order valence-electron chi connectivity index (χ2n) is 8.70. The van der Waals surface area contributed by atoms with Gasteiger partial charge in [0.2, 0.25) is 10.0 Å². The maximum Gasteiger partial charge on any atom is 0.241 e. The number of nitrogens with one attached hydrogen (secondary N) is 1. The van der Waals surface area contributed by atoms with Crippen LogP contribution in [0.1, 0.15) is 17.2 Å². The number of hydrogen-bond acceptors (Lipinski definition) is 2. The van der Waals surface area contributed by atoms with Gasteiger partial charge in [-0.3, -0.25) is 0 Å². The van der Waals surface area contributed by atoms with Gasteiger partial charge in [-0.25, -0.2) is 8.42 Å². The molecule has 0 aromatic heterocycles. The Balaban J connectivity index is 2.03. The van der Waals surface area contributed by atoms with Crippen LogP contribution in [0.3, 0.4) is 0 Å². The van der Waals surface area contributed by atoms with Crippen LogP contribution in [0.5, 0.6) is 0 Å². The molecule has 1 atom stereocenters. The summed E-state index contributed by atoms with van der Waals surface area (Å²) in [6, 6.07) is 24.5. The molecular formula is C26H29NO2SSi. The predicted octanol–water partition coefficient (Wildman–Crippen LogP) is 6.27. The highest BCUT2D eigenvalue weighted by atomic mass is 32.2. The fourth-order valence-corrected chi connectivity index (χ4v) is 6.47. The lowest BCUT2D eigenvalue weighted by Crippen LogP contribution is -2.37. The van der Waals surface area contributed by atoms with Gasteiger partial charge in [0.15, 0.2) is 0 Å². The molecule has 0 aliphatic heterocycles. The zero-order chi connectivity index (χ0) is 22.6. The Morgan fingerprint density at radius 2 is 1.42 bits per heavy atom. The number of sulfonamides is 1. The van der Waals surface area contributed by atoms with E-state index in [1.54, 1.807) is 24.3 Å². The van der Waals surface area contributed by atoms with Gasteiger partial charge in [0, 0.05) is 0 Å². The number of rotatable bonds is 7. The molecule has 0 bridgehead atoms. The van der Waals surface area contributed by atoms with E-state index in [4.69, 9.17) is 0 Å². The van der Waals surface area contributed by atoms with Crippen molar-refractivity contribution < 1.29 is 8.42 Å². The van der Waals surface area contributed by atoms with Crippen molar-refractivity contribution in [1.82, 2.24) is 4.72 Å². The van der Waals surface area contributed by atoms with E-state index in [2.05, 4.69) is 48.8 Å². The Kier molecular flexibility index (Phi) is 6.82. The third-order valence-electron chi connectivity index (χ3n) is 5.24. The fraction of sp³-hybridized carbons (Fsp3) is 0.192. The molecule has 3 aromatic rings. The lowest BCUT2D eigenvalue weighted by Gasteiger charge is -2.29. The summed E-state index contributed by atoms with van der Waals surface area (Å²) in [6.45, 7) is 12.3. The monoisotopic (exact) mass is 447 g/mol. The van der Waals surface area contributed by atoms with Gasteiger partial charge in [-0.05, 0) is 40.9 Å². The van der Waals surface area contributed by atoms with E-state index in [9.17, 15) is 8.42 Å². The maximum absolute atomic E-state index is 13.2. The van der Waals surface area contributed by atoms with Crippen LogP contribution in [0.25, 0.3) is 11.1 Å². The Hall–Kier alpha value is -2.69. The van der Waals surface area contributed by atoms with E-state index < -0.39 is 24.1 Å². The van der Waals surface area contributed by atoms with Crippen molar-refractivity contribution in [3.05, 3.63) is 107 Å². The molecule has 0 aliphatic rings. The molecule has 160 valence electrons. The molecule has 0 saturated heterocycles. The van der Waals surface area contributed by atoms with E-state index in [0.29, 0.717) is 0 Å². The summed E-state index contributed by atoms with van der Waals surface area (Å²) < 4.78 is 29.3. The third kappa shape index (κ3) is 5.52. The maximum atomic E-state index is 13.2. The molecule has 5 heteroatoms. The normalized spacial score (nSPS) is 12.8. The molecule has 0 fully saturated rings.